The fourth-order valence-electron chi connectivity index (χ4n) is 3.50. The summed E-state index contributed by atoms with van der Waals surface area (Å²) in [5.41, 5.74) is 2.72. The number of hydrogen-bond donors (Lipinski definition) is 1. The van der Waals surface area contributed by atoms with Crippen molar-refractivity contribution in [3.8, 4) is 0 Å². The van der Waals surface area contributed by atoms with E-state index in [0.717, 1.165) is 23.2 Å². The van der Waals surface area contributed by atoms with Gasteiger partial charge in [-0.3, -0.25) is 4.79 Å². The zero-order valence-corrected chi connectivity index (χ0v) is 14.4. The lowest BCUT2D eigenvalue weighted by Gasteiger charge is -2.35. The van der Waals surface area contributed by atoms with Gasteiger partial charge in [0, 0.05) is 29.3 Å². The Bertz CT molecular complexity index is 849. The second-order valence-corrected chi connectivity index (χ2v) is 6.69. The zero-order chi connectivity index (χ0) is 17.2. The van der Waals surface area contributed by atoms with E-state index < -0.39 is 0 Å². The highest BCUT2D eigenvalue weighted by Gasteiger charge is 2.18. The molecule has 0 bridgehead atoms. The first-order chi connectivity index (χ1) is 12.2. The van der Waals surface area contributed by atoms with E-state index in [1.807, 2.05) is 36.4 Å². The van der Waals surface area contributed by atoms with Crippen LogP contribution in [-0.2, 0) is 0 Å². The summed E-state index contributed by atoms with van der Waals surface area (Å²) in [5, 5.41) is 3.84. The van der Waals surface area contributed by atoms with Crippen molar-refractivity contribution >= 4 is 28.3 Å². The number of nitrogens with one attached hydrogen (secondary N) is 1. The number of benzene rings is 2. The maximum Gasteiger partial charge on any atom is 0.291 e. The largest absolute Gasteiger partial charge is 0.451 e. The number of hydrogen-bond acceptors (Lipinski definition) is 3. The zero-order valence-electron chi connectivity index (χ0n) is 14.4. The predicted octanol–water partition coefficient (Wildman–Crippen LogP) is 5.06. The Morgan fingerprint density at radius 2 is 1.92 bits per heavy atom. The van der Waals surface area contributed by atoms with Gasteiger partial charge in [-0.1, -0.05) is 18.2 Å². The minimum atomic E-state index is -0.227. The second-order valence-electron chi connectivity index (χ2n) is 6.69. The van der Waals surface area contributed by atoms with Gasteiger partial charge in [-0.05, 0) is 62.6 Å². The standard InChI is InChI=1S/C21H22N2O2/c1-15-6-4-5-13-23(15)18-11-9-17(10-12-18)22-21(24)20-14-16-7-2-3-8-19(16)25-20/h2-3,7-12,14-15H,4-6,13H2,1H3,(H,22,24). The summed E-state index contributed by atoms with van der Waals surface area (Å²) in [4.78, 5) is 14.8. The summed E-state index contributed by atoms with van der Waals surface area (Å²) in [7, 11) is 0. The van der Waals surface area contributed by atoms with Crippen LogP contribution in [0.5, 0.6) is 0 Å². The van der Waals surface area contributed by atoms with Crippen molar-refractivity contribution in [3.63, 3.8) is 0 Å². The van der Waals surface area contributed by atoms with Crippen LogP contribution in [0.2, 0.25) is 0 Å². The van der Waals surface area contributed by atoms with Gasteiger partial charge in [-0.15, -0.1) is 0 Å². The number of para-hydroxylation sites is 1. The molecule has 1 aromatic heterocycles. The minimum absolute atomic E-state index is 0.227. The molecule has 128 valence electrons. The molecular formula is C21H22N2O2. The molecule has 1 amide bonds. The molecule has 1 unspecified atom stereocenters. The van der Waals surface area contributed by atoms with Crippen molar-refractivity contribution in [3.05, 3.63) is 60.4 Å². The van der Waals surface area contributed by atoms with E-state index >= 15 is 0 Å². The monoisotopic (exact) mass is 334 g/mol. The molecule has 2 aromatic carbocycles. The van der Waals surface area contributed by atoms with E-state index in [1.54, 1.807) is 6.07 Å². The average molecular weight is 334 g/mol. The highest BCUT2D eigenvalue weighted by molar-refractivity contribution is 6.04. The molecule has 1 aliphatic rings. The van der Waals surface area contributed by atoms with Crippen molar-refractivity contribution in [1.29, 1.82) is 0 Å². The number of anilines is 2. The lowest BCUT2D eigenvalue weighted by molar-refractivity contribution is 0.0998. The molecule has 0 aliphatic carbocycles. The van der Waals surface area contributed by atoms with Crippen LogP contribution in [0.3, 0.4) is 0 Å². The Morgan fingerprint density at radius 3 is 2.68 bits per heavy atom. The molecule has 2 heterocycles. The Balaban J connectivity index is 1.47. The van der Waals surface area contributed by atoms with Gasteiger partial charge < -0.3 is 14.6 Å². The average Bonchev–Trinajstić information content (AvgIpc) is 3.07. The van der Waals surface area contributed by atoms with Crippen LogP contribution >= 0.6 is 0 Å². The molecule has 4 nitrogen and oxygen atoms in total. The number of carbonyl (C=O) groups is 1. The number of rotatable bonds is 3. The van der Waals surface area contributed by atoms with Gasteiger partial charge in [0.15, 0.2) is 5.76 Å². The van der Waals surface area contributed by atoms with Crippen LogP contribution in [0.4, 0.5) is 11.4 Å². The fourth-order valence-corrected chi connectivity index (χ4v) is 3.50. The number of furan rings is 1. The van der Waals surface area contributed by atoms with Gasteiger partial charge in [-0.25, -0.2) is 0 Å². The van der Waals surface area contributed by atoms with Crippen molar-refractivity contribution < 1.29 is 9.21 Å². The van der Waals surface area contributed by atoms with Gasteiger partial charge in [0.05, 0.1) is 0 Å². The van der Waals surface area contributed by atoms with Gasteiger partial charge in [-0.2, -0.15) is 0 Å². The third kappa shape index (κ3) is 3.25. The molecule has 4 rings (SSSR count). The summed E-state index contributed by atoms with van der Waals surface area (Å²) >= 11 is 0. The highest BCUT2D eigenvalue weighted by atomic mass is 16.3. The van der Waals surface area contributed by atoms with E-state index in [4.69, 9.17) is 4.42 Å². The highest BCUT2D eigenvalue weighted by Crippen LogP contribution is 2.26. The van der Waals surface area contributed by atoms with E-state index in [1.165, 1.54) is 24.9 Å². The number of amides is 1. The molecule has 1 N–H and O–H groups in total. The van der Waals surface area contributed by atoms with Crippen molar-refractivity contribution in [1.82, 2.24) is 0 Å². The van der Waals surface area contributed by atoms with Gasteiger partial charge in [0.1, 0.15) is 5.58 Å². The number of carbonyl (C=O) groups excluding carboxylic acids is 1. The smallest absolute Gasteiger partial charge is 0.291 e. The number of piperidine rings is 1. The SMILES string of the molecule is CC1CCCCN1c1ccc(NC(=O)c2cc3ccccc3o2)cc1. The van der Waals surface area contributed by atoms with E-state index in [9.17, 15) is 4.79 Å². The van der Waals surface area contributed by atoms with Crippen LogP contribution in [-0.4, -0.2) is 18.5 Å². The van der Waals surface area contributed by atoms with E-state index in [0.29, 0.717) is 11.8 Å². The normalized spacial score (nSPS) is 17.6. The Hall–Kier alpha value is -2.75. The molecule has 1 aliphatic heterocycles. The molecule has 0 saturated carbocycles. The molecular weight excluding hydrogens is 312 g/mol. The van der Waals surface area contributed by atoms with E-state index in [-0.39, 0.29) is 5.91 Å². The first-order valence-electron chi connectivity index (χ1n) is 8.87. The summed E-state index contributed by atoms with van der Waals surface area (Å²) in [5.74, 6) is 0.102. The fraction of sp³-hybridized carbons (Fsp3) is 0.286. The number of nitrogens with zero attached hydrogens (tertiary/aromatic N) is 1. The van der Waals surface area contributed by atoms with Crippen LogP contribution in [0, 0.1) is 0 Å². The lowest BCUT2D eigenvalue weighted by Crippen LogP contribution is -2.37. The maximum absolute atomic E-state index is 12.4. The first kappa shape index (κ1) is 15.8. The van der Waals surface area contributed by atoms with Crippen LogP contribution < -0.4 is 10.2 Å². The van der Waals surface area contributed by atoms with Crippen LogP contribution in [0.25, 0.3) is 11.0 Å². The van der Waals surface area contributed by atoms with Gasteiger partial charge in [0.25, 0.3) is 5.91 Å². The third-order valence-corrected chi connectivity index (χ3v) is 4.91. The molecule has 1 fully saturated rings. The predicted molar refractivity (Wildman–Crippen MR) is 101 cm³/mol. The van der Waals surface area contributed by atoms with Gasteiger partial charge >= 0.3 is 0 Å². The molecule has 25 heavy (non-hydrogen) atoms. The molecule has 3 aromatic rings. The van der Waals surface area contributed by atoms with Crippen LogP contribution in [0.1, 0.15) is 36.7 Å². The first-order valence-corrected chi connectivity index (χ1v) is 8.87. The molecule has 1 atom stereocenters. The van der Waals surface area contributed by atoms with Crippen LogP contribution in [0.15, 0.2) is 59.0 Å². The topological polar surface area (TPSA) is 45.5 Å². The molecule has 0 radical (unpaired) electrons. The van der Waals surface area contributed by atoms with Gasteiger partial charge in [0.2, 0.25) is 0 Å². The molecule has 4 heteroatoms. The molecule has 1 saturated heterocycles. The maximum atomic E-state index is 12.4. The summed E-state index contributed by atoms with van der Waals surface area (Å²) in [6, 6.07) is 18.0. The van der Waals surface area contributed by atoms with E-state index in [2.05, 4.69) is 29.3 Å². The Labute approximate surface area is 147 Å². The third-order valence-electron chi connectivity index (χ3n) is 4.91. The molecule has 0 spiro atoms. The van der Waals surface area contributed by atoms with Crippen molar-refractivity contribution in [2.75, 3.05) is 16.8 Å². The summed E-state index contributed by atoms with van der Waals surface area (Å²) in [6.07, 6.45) is 3.79. The minimum Gasteiger partial charge on any atom is -0.451 e. The van der Waals surface area contributed by atoms with Crippen molar-refractivity contribution in [2.45, 2.75) is 32.2 Å². The Morgan fingerprint density at radius 1 is 1.12 bits per heavy atom. The quantitative estimate of drug-likeness (QED) is 0.728. The second kappa shape index (κ2) is 6.63. The summed E-state index contributed by atoms with van der Waals surface area (Å²) < 4.78 is 5.61. The lowest BCUT2D eigenvalue weighted by atomic mass is 10.0. The van der Waals surface area contributed by atoms with Crippen molar-refractivity contribution in [2.24, 2.45) is 0 Å². The Kier molecular flexibility index (Phi) is 4.18. The number of fused-ring (bicyclic) bond motifs is 1. The summed E-state index contributed by atoms with van der Waals surface area (Å²) in [6.45, 7) is 3.38.